The third kappa shape index (κ3) is 4.32. The van der Waals surface area contributed by atoms with Crippen LogP contribution in [0.3, 0.4) is 0 Å². The molecule has 0 saturated heterocycles. The highest BCUT2D eigenvalue weighted by molar-refractivity contribution is 5.19. The van der Waals surface area contributed by atoms with E-state index in [-0.39, 0.29) is 0 Å². The summed E-state index contributed by atoms with van der Waals surface area (Å²) in [5.41, 5.74) is 1.80. The van der Waals surface area contributed by atoms with Crippen molar-refractivity contribution in [3.8, 4) is 0 Å². The molecule has 0 bridgehead atoms. The molecular weight excluding hydrogens is 234 g/mol. The molecule has 1 aromatic carbocycles. The number of aliphatic hydroxyl groups is 1. The van der Waals surface area contributed by atoms with Crippen molar-refractivity contribution in [2.24, 2.45) is 5.41 Å². The van der Waals surface area contributed by atoms with Crippen LogP contribution >= 0.6 is 0 Å². The van der Waals surface area contributed by atoms with E-state index in [1.165, 1.54) is 37.7 Å². The third-order valence-corrected chi connectivity index (χ3v) is 4.37. The van der Waals surface area contributed by atoms with Gasteiger partial charge in [0.05, 0.1) is 0 Å². The van der Waals surface area contributed by atoms with Gasteiger partial charge in [0.1, 0.15) is 0 Å². The molecule has 1 aromatic rings. The molecule has 0 amide bonds. The van der Waals surface area contributed by atoms with E-state index < -0.39 is 0 Å². The van der Waals surface area contributed by atoms with Crippen LogP contribution in [0, 0.1) is 5.41 Å². The highest BCUT2D eigenvalue weighted by Gasteiger charge is 2.41. The van der Waals surface area contributed by atoms with Gasteiger partial charge in [-0.15, -0.1) is 0 Å². The monoisotopic (exact) mass is 261 g/mol. The minimum absolute atomic E-state index is 0.326. The predicted molar refractivity (Wildman–Crippen MR) is 80.1 cm³/mol. The van der Waals surface area contributed by atoms with Crippen LogP contribution in [0.25, 0.3) is 0 Å². The Labute approximate surface area is 117 Å². The van der Waals surface area contributed by atoms with Crippen LogP contribution in [-0.2, 0) is 0 Å². The zero-order valence-corrected chi connectivity index (χ0v) is 12.1. The summed E-state index contributed by atoms with van der Waals surface area (Å²) in [6.45, 7) is 3.62. The molecule has 1 unspecified atom stereocenters. The number of hydrogen-bond acceptors (Lipinski definition) is 2. The Hall–Kier alpha value is -0.860. The van der Waals surface area contributed by atoms with E-state index in [0.29, 0.717) is 18.1 Å². The third-order valence-electron chi connectivity index (χ3n) is 4.37. The van der Waals surface area contributed by atoms with Gasteiger partial charge in [-0.05, 0) is 36.7 Å². The van der Waals surface area contributed by atoms with Gasteiger partial charge in [-0.3, -0.25) is 0 Å². The van der Waals surface area contributed by atoms with Crippen LogP contribution in [0.1, 0.15) is 57.1 Å². The Morgan fingerprint density at radius 3 is 2.58 bits per heavy atom. The van der Waals surface area contributed by atoms with E-state index in [9.17, 15) is 0 Å². The van der Waals surface area contributed by atoms with Gasteiger partial charge in [-0.25, -0.2) is 0 Å². The van der Waals surface area contributed by atoms with Gasteiger partial charge in [0.2, 0.25) is 0 Å². The minimum Gasteiger partial charge on any atom is -0.396 e. The molecule has 1 atom stereocenters. The van der Waals surface area contributed by atoms with Crippen LogP contribution in [0.15, 0.2) is 30.3 Å². The Balaban J connectivity index is 1.91. The molecule has 1 aliphatic carbocycles. The number of unbranched alkanes of at least 4 members (excludes halogenated alkanes) is 1. The molecule has 2 N–H and O–H groups in total. The van der Waals surface area contributed by atoms with Crippen molar-refractivity contribution in [3.63, 3.8) is 0 Å². The maximum Gasteiger partial charge on any atom is 0.0436 e. The zero-order chi connectivity index (χ0) is 13.6. The molecule has 1 saturated carbocycles. The number of rotatable bonds is 9. The molecule has 1 fully saturated rings. The van der Waals surface area contributed by atoms with Crippen LogP contribution in [0.5, 0.6) is 0 Å². The van der Waals surface area contributed by atoms with E-state index in [1.807, 2.05) is 0 Å². The average Bonchev–Trinajstić information content (AvgIpc) is 3.20. The predicted octanol–water partition coefficient (Wildman–Crippen LogP) is 3.67. The lowest BCUT2D eigenvalue weighted by molar-refractivity contribution is 0.241. The summed E-state index contributed by atoms with van der Waals surface area (Å²) in [6.07, 6.45) is 7.21. The summed E-state index contributed by atoms with van der Waals surface area (Å²) in [7, 11) is 0. The number of benzene rings is 1. The fraction of sp³-hybridized carbons (Fsp3) is 0.647. The maximum absolute atomic E-state index is 9.14. The normalized spacial score (nSPS) is 18.2. The van der Waals surface area contributed by atoms with Gasteiger partial charge in [0.25, 0.3) is 0 Å². The maximum atomic E-state index is 9.14. The molecule has 0 aromatic heterocycles. The largest absolute Gasteiger partial charge is 0.396 e. The SMILES string of the molecule is CCCCC(NCC1(CCO)CC1)c1ccccc1. The van der Waals surface area contributed by atoms with Crippen molar-refractivity contribution in [1.82, 2.24) is 5.32 Å². The highest BCUT2D eigenvalue weighted by atomic mass is 16.3. The van der Waals surface area contributed by atoms with Crippen molar-refractivity contribution in [2.45, 2.75) is 51.5 Å². The molecule has 1 aliphatic rings. The van der Waals surface area contributed by atoms with Gasteiger partial charge >= 0.3 is 0 Å². The van der Waals surface area contributed by atoms with Gasteiger partial charge in [-0.2, -0.15) is 0 Å². The summed E-state index contributed by atoms with van der Waals surface area (Å²) < 4.78 is 0. The second-order valence-corrected chi connectivity index (χ2v) is 5.96. The quantitative estimate of drug-likeness (QED) is 0.711. The first kappa shape index (κ1) is 14.5. The fourth-order valence-electron chi connectivity index (χ4n) is 2.75. The Morgan fingerprint density at radius 2 is 2.00 bits per heavy atom. The molecule has 19 heavy (non-hydrogen) atoms. The second kappa shape index (κ2) is 7.06. The van der Waals surface area contributed by atoms with Gasteiger partial charge in [0, 0.05) is 19.2 Å². The van der Waals surface area contributed by atoms with Crippen molar-refractivity contribution in [2.75, 3.05) is 13.2 Å². The minimum atomic E-state index is 0.326. The summed E-state index contributed by atoms with van der Waals surface area (Å²) in [6, 6.07) is 11.2. The first-order valence-electron chi connectivity index (χ1n) is 7.69. The van der Waals surface area contributed by atoms with Crippen molar-refractivity contribution in [3.05, 3.63) is 35.9 Å². The zero-order valence-electron chi connectivity index (χ0n) is 12.1. The van der Waals surface area contributed by atoms with E-state index in [0.717, 1.165) is 13.0 Å². The smallest absolute Gasteiger partial charge is 0.0436 e. The topological polar surface area (TPSA) is 32.3 Å². The number of aliphatic hydroxyl groups excluding tert-OH is 1. The first-order chi connectivity index (χ1) is 9.29. The lowest BCUT2D eigenvalue weighted by Gasteiger charge is -2.23. The summed E-state index contributed by atoms with van der Waals surface area (Å²) in [5.74, 6) is 0. The standard InChI is InChI=1S/C17H27NO/c1-2-3-9-16(15-7-5-4-6-8-15)18-14-17(10-11-17)12-13-19/h4-8,16,18-19H,2-3,9-14H2,1H3. The molecule has 2 rings (SSSR count). The van der Waals surface area contributed by atoms with E-state index in [1.54, 1.807) is 0 Å². The molecule has 0 aliphatic heterocycles. The van der Waals surface area contributed by atoms with Crippen LogP contribution in [0.4, 0.5) is 0 Å². The lowest BCUT2D eigenvalue weighted by Crippen LogP contribution is -2.29. The van der Waals surface area contributed by atoms with Gasteiger partial charge in [0.15, 0.2) is 0 Å². The fourth-order valence-corrected chi connectivity index (χ4v) is 2.75. The van der Waals surface area contributed by atoms with Gasteiger partial charge in [-0.1, -0.05) is 50.1 Å². The highest BCUT2D eigenvalue weighted by Crippen LogP contribution is 2.48. The molecule has 0 spiro atoms. The Bertz CT molecular complexity index is 359. The van der Waals surface area contributed by atoms with Crippen molar-refractivity contribution in [1.29, 1.82) is 0 Å². The van der Waals surface area contributed by atoms with E-state index in [2.05, 4.69) is 42.6 Å². The molecule has 0 radical (unpaired) electrons. The van der Waals surface area contributed by atoms with E-state index >= 15 is 0 Å². The van der Waals surface area contributed by atoms with Crippen molar-refractivity contribution < 1.29 is 5.11 Å². The summed E-state index contributed by atoms with van der Waals surface area (Å²) >= 11 is 0. The molecule has 106 valence electrons. The first-order valence-corrected chi connectivity index (χ1v) is 7.69. The average molecular weight is 261 g/mol. The number of nitrogens with one attached hydrogen (secondary N) is 1. The van der Waals surface area contributed by atoms with E-state index in [4.69, 9.17) is 5.11 Å². The van der Waals surface area contributed by atoms with Gasteiger partial charge < -0.3 is 10.4 Å². The molecule has 2 nitrogen and oxygen atoms in total. The Morgan fingerprint density at radius 1 is 1.26 bits per heavy atom. The Kier molecular flexibility index (Phi) is 5.41. The lowest BCUT2D eigenvalue weighted by atomic mass is 9.98. The molecule has 0 heterocycles. The van der Waals surface area contributed by atoms with Crippen molar-refractivity contribution >= 4 is 0 Å². The van der Waals surface area contributed by atoms with Crippen LogP contribution in [-0.4, -0.2) is 18.3 Å². The summed E-state index contributed by atoms with van der Waals surface area (Å²) in [4.78, 5) is 0. The summed E-state index contributed by atoms with van der Waals surface area (Å²) in [5, 5.41) is 12.9. The second-order valence-electron chi connectivity index (χ2n) is 5.96. The van der Waals surface area contributed by atoms with Crippen LogP contribution < -0.4 is 5.32 Å². The van der Waals surface area contributed by atoms with Crippen LogP contribution in [0.2, 0.25) is 0 Å². The molecule has 2 heteroatoms. The molecular formula is C17H27NO. The number of hydrogen-bond donors (Lipinski definition) is 2.